The van der Waals surface area contributed by atoms with Crippen molar-refractivity contribution < 1.29 is 9.53 Å². The van der Waals surface area contributed by atoms with Crippen LogP contribution in [0.4, 0.5) is 16.2 Å². The van der Waals surface area contributed by atoms with Crippen LogP contribution >= 0.6 is 23.2 Å². The number of halogens is 2. The molecule has 0 aromatic heterocycles. The second-order valence-corrected chi connectivity index (χ2v) is 6.76. The Bertz CT molecular complexity index is 695. The van der Waals surface area contributed by atoms with Gasteiger partial charge in [0.05, 0.1) is 10.0 Å². The van der Waals surface area contributed by atoms with E-state index in [2.05, 4.69) is 10.6 Å². The monoisotopic (exact) mass is 352 g/mol. The largest absolute Gasteiger partial charge is 0.488 e. The lowest BCUT2D eigenvalue weighted by atomic mass is 10.2. The van der Waals surface area contributed by atoms with Gasteiger partial charge in [-0.15, -0.1) is 0 Å². The second-order valence-electron chi connectivity index (χ2n) is 5.95. The summed E-state index contributed by atoms with van der Waals surface area (Å²) in [6, 6.07) is 11.7. The maximum Gasteiger partial charge on any atom is 0.323 e. The molecule has 2 aromatic carbocycles. The molecule has 0 heterocycles. The third kappa shape index (κ3) is 5.66. The molecule has 0 fully saturated rings. The van der Waals surface area contributed by atoms with E-state index in [1.807, 2.05) is 20.8 Å². The molecule has 0 radical (unpaired) electrons. The molecule has 0 saturated carbocycles. The molecule has 0 aliphatic heterocycles. The topological polar surface area (TPSA) is 50.4 Å². The number of carbonyl (C=O) groups excluding carboxylic acids is 1. The number of hydrogen-bond donors (Lipinski definition) is 2. The average molecular weight is 353 g/mol. The molecule has 0 unspecified atom stereocenters. The zero-order valence-electron chi connectivity index (χ0n) is 13.1. The summed E-state index contributed by atoms with van der Waals surface area (Å²) in [7, 11) is 0. The Hall–Kier alpha value is -1.91. The van der Waals surface area contributed by atoms with Gasteiger partial charge in [-0.2, -0.15) is 0 Å². The van der Waals surface area contributed by atoms with Crippen molar-refractivity contribution in [1.82, 2.24) is 0 Å². The van der Waals surface area contributed by atoms with Crippen LogP contribution in [0.5, 0.6) is 5.75 Å². The van der Waals surface area contributed by atoms with E-state index in [0.717, 1.165) is 5.75 Å². The molecule has 4 nitrogen and oxygen atoms in total. The van der Waals surface area contributed by atoms with Crippen molar-refractivity contribution in [2.45, 2.75) is 26.4 Å². The smallest absolute Gasteiger partial charge is 0.323 e. The van der Waals surface area contributed by atoms with Gasteiger partial charge >= 0.3 is 6.03 Å². The molecule has 0 aliphatic rings. The number of anilines is 2. The van der Waals surface area contributed by atoms with Crippen LogP contribution in [0, 0.1) is 0 Å². The molecule has 0 saturated heterocycles. The van der Waals surface area contributed by atoms with Gasteiger partial charge in [-0.3, -0.25) is 0 Å². The van der Waals surface area contributed by atoms with Gasteiger partial charge in [-0.25, -0.2) is 4.79 Å². The Balaban J connectivity index is 1.96. The van der Waals surface area contributed by atoms with Crippen molar-refractivity contribution in [3.8, 4) is 5.75 Å². The fourth-order valence-corrected chi connectivity index (χ4v) is 2.13. The molecule has 0 bridgehead atoms. The molecule has 2 aromatic rings. The van der Waals surface area contributed by atoms with Crippen LogP contribution in [0.25, 0.3) is 0 Å². The number of amides is 2. The molecule has 2 amide bonds. The lowest BCUT2D eigenvalue weighted by molar-refractivity contribution is 0.131. The van der Waals surface area contributed by atoms with Crippen LogP contribution in [-0.2, 0) is 0 Å². The number of hydrogen-bond acceptors (Lipinski definition) is 2. The van der Waals surface area contributed by atoms with Crippen LogP contribution in [0.3, 0.4) is 0 Å². The number of benzene rings is 2. The Morgan fingerprint density at radius 2 is 1.48 bits per heavy atom. The van der Waals surface area contributed by atoms with Crippen LogP contribution < -0.4 is 15.4 Å². The summed E-state index contributed by atoms with van der Waals surface area (Å²) in [4.78, 5) is 12.0. The van der Waals surface area contributed by atoms with Crippen molar-refractivity contribution >= 4 is 40.6 Å². The first-order valence-corrected chi connectivity index (χ1v) is 7.81. The first-order chi connectivity index (χ1) is 10.7. The van der Waals surface area contributed by atoms with E-state index in [9.17, 15) is 4.79 Å². The number of rotatable bonds is 3. The summed E-state index contributed by atoms with van der Waals surface area (Å²) in [5, 5.41) is 6.24. The van der Waals surface area contributed by atoms with E-state index < -0.39 is 0 Å². The number of nitrogens with one attached hydrogen (secondary N) is 2. The highest BCUT2D eigenvalue weighted by Crippen LogP contribution is 2.25. The van der Waals surface area contributed by atoms with Crippen LogP contribution in [0.1, 0.15) is 20.8 Å². The zero-order valence-corrected chi connectivity index (χ0v) is 14.6. The molecular weight excluding hydrogens is 335 g/mol. The Labute approximate surface area is 145 Å². The van der Waals surface area contributed by atoms with E-state index in [0.29, 0.717) is 21.4 Å². The van der Waals surface area contributed by atoms with Crippen molar-refractivity contribution in [2.75, 3.05) is 10.6 Å². The summed E-state index contributed by atoms with van der Waals surface area (Å²) in [6.07, 6.45) is 0. The molecule has 23 heavy (non-hydrogen) atoms. The van der Waals surface area contributed by atoms with E-state index in [1.165, 1.54) is 0 Å². The number of carbonyl (C=O) groups is 1. The number of urea groups is 1. The first kappa shape index (κ1) is 17.4. The zero-order chi connectivity index (χ0) is 17.0. The highest BCUT2D eigenvalue weighted by atomic mass is 35.5. The third-order valence-electron chi connectivity index (χ3n) is 2.71. The minimum atomic E-state index is -0.368. The van der Waals surface area contributed by atoms with Crippen LogP contribution in [0.15, 0.2) is 42.5 Å². The predicted octanol–water partition coefficient (Wildman–Crippen LogP) is 5.81. The highest BCUT2D eigenvalue weighted by Gasteiger charge is 2.11. The minimum absolute atomic E-state index is 0.264. The second kappa shape index (κ2) is 7.11. The Morgan fingerprint density at radius 1 is 0.913 bits per heavy atom. The fourth-order valence-electron chi connectivity index (χ4n) is 1.83. The normalized spacial score (nSPS) is 11.0. The van der Waals surface area contributed by atoms with Gasteiger partial charge in [0.25, 0.3) is 0 Å². The number of ether oxygens (including phenoxy) is 1. The van der Waals surface area contributed by atoms with Gasteiger partial charge < -0.3 is 15.4 Å². The third-order valence-corrected chi connectivity index (χ3v) is 3.45. The van der Waals surface area contributed by atoms with Gasteiger partial charge in [0.2, 0.25) is 0 Å². The maximum atomic E-state index is 12.0. The summed E-state index contributed by atoms with van der Waals surface area (Å²) in [6.45, 7) is 5.93. The van der Waals surface area contributed by atoms with Gasteiger partial charge in [-0.1, -0.05) is 23.2 Å². The van der Waals surface area contributed by atoms with E-state index in [4.69, 9.17) is 27.9 Å². The van der Waals surface area contributed by atoms with Crippen LogP contribution in [-0.4, -0.2) is 11.6 Å². The van der Waals surface area contributed by atoms with Crippen LogP contribution in [0.2, 0.25) is 10.0 Å². The summed E-state index contributed by atoms with van der Waals surface area (Å²) in [5.41, 5.74) is 0.952. The molecule has 122 valence electrons. The van der Waals surface area contributed by atoms with Gasteiger partial charge in [0.15, 0.2) is 0 Å². The highest BCUT2D eigenvalue weighted by molar-refractivity contribution is 6.42. The standard InChI is InChI=1S/C17H18Cl2N2O2/c1-17(2,3)23-13-7-4-11(5-8-13)20-16(22)21-12-6-9-14(18)15(19)10-12/h4-10H,1-3H3,(H2,20,21,22). The molecule has 2 N–H and O–H groups in total. The van der Waals surface area contributed by atoms with Crippen molar-refractivity contribution in [3.63, 3.8) is 0 Å². The fraction of sp³-hybridized carbons (Fsp3) is 0.235. The van der Waals surface area contributed by atoms with Crippen molar-refractivity contribution in [1.29, 1.82) is 0 Å². The molecule has 2 rings (SSSR count). The SMILES string of the molecule is CC(C)(C)Oc1ccc(NC(=O)Nc2ccc(Cl)c(Cl)c2)cc1. The summed E-state index contributed by atoms with van der Waals surface area (Å²) >= 11 is 11.7. The Morgan fingerprint density at radius 3 is 2.04 bits per heavy atom. The van der Waals surface area contributed by atoms with E-state index >= 15 is 0 Å². The van der Waals surface area contributed by atoms with Gasteiger partial charge in [-0.05, 0) is 63.2 Å². The Kier molecular flexibility index (Phi) is 5.39. The molecule has 0 atom stereocenters. The average Bonchev–Trinajstić information content (AvgIpc) is 2.43. The predicted molar refractivity (Wildman–Crippen MR) is 95.9 cm³/mol. The van der Waals surface area contributed by atoms with Crippen molar-refractivity contribution in [2.24, 2.45) is 0 Å². The summed E-state index contributed by atoms with van der Waals surface area (Å²) in [5.74, 6) is 0.743. The van der Waals surface area contributed by atoms with Gasteiger partial charge in [0, 0.05) is 11.4 Å². The maximum absolute atomic E-state index is 12.0. The van der Waals surface area contributed by atoms with E-state index in [1.54, 1.807) is 42.5 Å². The van der Waals surface area contributed by atoms with E-state index in [-0.39, 0.29) is 11.6 Å². The lowest BCUT2D eigenvalue weighted by Gasteiger charge is -2.21. The lowest BCUT2D eigenvalue weighted by Crippen LogP contribution is -2.23. The van der Waals surface area contributed by atoms with Gasteiger partial charge in [0.1, 0.15) is 11.4 Å². The molecule has 0 spiro atoms. The molecular formula is C17H18Cl2N2O2. The molecule has 0 aliphatic carbocycles. The summed E-state index contributed by atoms with van der Waals surface area (Å²) < 4.78 is 5.73. The van der Waals surface area contributed by atoms with Crippen molar-refractivity contribution in [3.05, 3.63) is 52.5 Å². The minimum Gasteiger partial charge on any atom is -0.488 e. The quantitative estimate of drug-likeness (QED) is 0.731. The molecule has 6 heteroatoms. The first-order valence-electron chi connectivity index (χ1n) is 7.05.